The molecular formula is C24H21N3O3. The Morgan fingerprint density at radius 3 is 2.57 bits per heavy atom. The molecule has 0 spiro atoms. The van der Waals surface area contributed by atoms with Crippen LogP contribution in [0.5, 0.6) is 0 Å². The minimum absolute atomic E-state index is 0.166. The molecule has 0 aliphatic carbocycles. The predicted molar refractivity (Wildman–Crippen MR) is 115 cm³/mol. The second kappa shape index (κ2) is 8.21. The normalized spacial score (nSPS) is 11.8. The summed E-state index contributed by atoms with van der Waals surface area (Å²) in [4.78, 5) is 31.0. The molecule has 2 aromatic carbocycles. The first-order valence-electron chi connectivity index (χ1n) is 9.60. The molecule has 4 rings (SSSR count). The Kier molecular flexibility index (Phi) is 5.30. The highest BCUT2D eigenvalue weighted by molar-refractivity contribution is 6.05. The molecule has 6 nitrogen and oxygen atoms in total. The van der Waals surface area contributed by atoms with Gasteiger partial charge in [-0.3, -0.25) is 14.6 Å². The van der Waals surface area contributed by atoms with Crippen molar-refractivity contribution in [3.8, 4) is 0 Å². The molecule has 1 unspecified atom stereocenters. The summed E-state index contributed by atoms with van der Waals surface area (Å²) < 4.78 is 5.91. The molecule has 4 aromatic rings. The topological polar surface area (TPSA) is 75.4 Å². The summed E-state index contributed by atoms with van der Waals surface area (Å²) in [5.41, 5.74) is 2.26. The van der Waals surface area contributed by atoms with Crippen LogP contribution in [0, 0.1) is 0 Å². The molecule has 0 radical (unpaired) electrons. The molecule has 0 aliphatic heterocycles. The number of para-hydroxylation sites is 1. The van der Waals surface area contributed by atoms with Crippen molar-refractivity contribution < 1.29 is 14.0 Å². The maximum atomic E-state index is 13.0. The number of fused-ring (bicyclic) bond motifs is 1. The van der Waals surface area contributed by atoms with Gasteiger partial charge in [0, 0.05) is 36.1 Å². The van der Waals surface area contributed by atoms with Crippen molar-refractivity contribution in [2.24, 2.45) is 0 Å². The average Bonchev–Trinajstić information content (AvgIpc) is 3.22. The molecule has 0 fully saturated rings. The number of carbonyl (C=O) groups excluding carboxylic acids is 2. The lowest BCUT2D eigenvalue weighted by Crippen LogP contribution is -2.29. The summed E-state index contributed by atoms with van der Waals surface area (Å²) in [5, 5.41) is 3.80. The summed E-state index contributed by atoms with van der Waals surface area (Å²) in [7, 11) is 1.74. The van der Waals surface area contributed by atoms with Crippen molar-refractivity contribution in [2.45, 2.75) is 13.0 Å². The van der Waals surface area contributed by atoms with E-state index in [1.54, 1.807) is 54.5 Å². The van der Waals surface area contributed by atoms with Gasteiger partial charge in [-0.2, -0.15) is 0 Å². The van der Waals surface area contributed by atoms with E-state index < -0.39 is 0 Å². The molecule has 1 N–H and O–H groups in total. The van der Waals surface area contributed by atoms with Crippen molar-refractivity contribution in [1.82, 2.24) is 9.88 Å². The van der Waals surface area contributed by atoms with E-state index in [0.717, 1.165) is 11.0 Å². The molecule has 2 heterocycles. The second-order valence-electron chi connectivity index (χ2n) is 7.06. The van der Waals surface area contributed by atoms with Crippen LogP contribution in [0.1, 0.15) is 39.4 Å². The highest BCUT2D eigenvalue weighted by atomic mass is 16.3. The molecule has 0 aliphatic rings. The van der Waals surface area contributed by atoms with Crippen molar-refractivity contribution in [3.63, 3.8) is 0 Å². The Bertz CT molecular complexity index is 1170. The lowest BCUT2D eigenvalue weighted by molar-refractivity contribution is 0.0727. The quantitative estimate of drug-likeness (QED) is 0.517. The van der Waals surface area contributed by atoms with Crippen LogP contribution in [0.2, 0.25) is 0 Å². The number of amides is 2. The Morgan fingerprint density at radius 1 is 1.00 bits per heavy atom. The van der Waals surface area contributed by atoms with Gasteiger partial charge in [0.05, 0.1) is 11.6 Å². The van der Waals surface area contributed by atoms with Gasteiger partial charge in [0.25, 0.3) is 11.8 Å². The summed E-state index contributed by atoms with van der Waals surface area (Å²) in [5.74, 6) is 0.269. The first-order valence-corrected chi connectivity index (χ1v) is 9.60. The van der Waals surface area contributed by atoms with Crippen molar-refractivity contribution in [3.05, 3.63) is 96.0 Å². The standard InChI is InChI=1S/C24H21N3O3/c1-16(22-14-17-7-3-4-11-21(17)30-22)27(2)24(29)18-8-5-10-20(13-18)26-23(28)19-9-6-12-25-15-19/h3-16H,1-2H3,(H,26,28). The molecule has 6 heteroatoms. The summed E-state index contributed by atoms with van der Waals surface area (Å²) in [6.45, 7) is 1.92. The van der Waals surface area contributed by atoms with Crippen molar-refractivity contribution in [2.75, 3.05) is 12.4 Å². The first kappa shape index (κ1) is 19.4. The van der Waals surface area contributed by atoms with Gasteiger partial charge in [0.15, 0.2) is 0 Å². The van der Waals surface area contributed by atoms with Crippen LogP contribution in [0.15, 0.2) is 83.5 Å². The van der Waals surface area contributed by atoms with Gasteiger partial charge in [-0.1, -0.05) is 24.3 Å². The smallest absolute Gasteiger partial charge is 0.257 e. The summed E-state index contributed by atoms with van der Waals surface area (Å²) >= 11 is 0. The molecule has 2 amide bonds. The third-order valence-electron chi connectivity index (χ3n) is 5.05. The van der Waals surface area contributed by atoms with Crippen LogP contribution in [-0.2, 0) is 0 Å². The highest BCUT2D eigenvalue weighted by Gasteiger charge is 2.22. The number of rotatable bonds is 5. The number of nitrogens with one attached hydrogen (secondary N) is 1. The zero-order valence-electron chi connectivity index (χ0n) is 16.7. The number of benzene rings is 2. The van der Waals surface area contributed by atoms with Gasteiger partial charge in [0.1, 0.15) is 11.3 Å². The number of anilines is 1. The zero-order valence-corrected chi connectivity index (χ0v) is 16.7. The Morgan fingerprint density at radius 2 is 1.80 bits per heavy atom. The van der Waals surface area contributed by atoms with Crippen molar-refractivity contribution in [1.29, 1.82) is 0 Å². The second-order valence-corrected chi connectivity index (χ2v) is 7.06. The number of pyridine rings is 1. The molecule has 0 saturated heterocycles. The van der Waals surface area contributed by atoms with Crippen LogP contribution < -0.4 is 5.32 Å². The summed E-state index contributed by atoms with van der Waals surface area (Å²) in [6, 6.07) is 19.7. The van der Waals surface area contributed by atoms with Crippen molar-refractivity contribution >= 4 is 28.5 Å². The third-order valence-corrected chi connectivity index (χ3v) is 5.05. The van der Waals surface area contributed by atoms with Crippen LogP contribution in [0.25, 0.3) is 11.0 Å². The molecule has 1 atom stereocenters. The number of nitrogens with zero attached hydrogens (tertiary/aromatic N) is 2. The van der Waals surface area contributed by atoms with E-state index in [9.17, 15) is 9.59 Å². The van der Waals surface area contributed by atoms with Gasteiger partial charge in [-0.05, 0) is 49.4 Å². The molecule has 0 bridgehead atoms. The van der Waals surface area contributed by atoms with E-state index in [1.165, 1.54) is 6.20 Å². The SMILES string of the molecule is CC(c1cc2ccccc2o1)N(C)C(=O)c1cccc(NC(=O)c2cccnc2)c1. The van der Waals surface area contributed by atoms with Crippen LogP contribution >= 0.6 is 0 Å². The summed E-state index contributed by atoms with van der Waals surface area (Å²) in [6.07, 6.45) is 3.10. The number of furan rings is 1. The van der Waals surface area contributed by atoms with E-state index in [4.69, 9.17) is 4.42 Å². The first-order chi connectivity index (χ1) is 14.5. The fraction of sp³-hybridized carbons (Fsp3) is 0.125. The number of carbonyl (C=O) groups is 2. The fourth-order valence-electron chi connectivity index (χ4n) is 3.21. The average molecular weight is 399 g/mol. The van der Waals surface area contributed by atoms with E-state index in [0.29, 0.717) is 22.6 Å². The van der Waals surface area contributed by atoms with Gasteiger partial charge in [-0.25, -0.2) is 0 Å². The minimum Gasteiger partial charge on any atom is -0.459 e. The van der Waals surface area contributed by atoms with E-state index >= 15 is 0 Å². The monoisotopic (exact) mass is 399 g/mol. The third kappa shape index (κ3) is 3.93. The Balaban J connectivity index is 1.51. The van der Waals surface area contributed by atoms with Gasteiger partial charge in [-0.15, -0.1) is 0 Å². The predicted octanol–water partition coefficient (Wildman–Crippen LogP) is 4.91. The zero-order chi connectivity index (χ0) is 21.1. The van der Waals surface area contributed by atoms with Gasteiger partial charge >= 0.3 is 0 Å². The van der Waals surface area contributed by atoms with E-state index in [1.807, 2.05) is 37.3 Å². The largest absolute Gasteiger partial charge is 0.459 e. The maximum absolute atomic E-state index is 13.0. The number of aromatic nitrogens is 1. The van der Waals surface area contributed by atoms with Crippen LogP contribution in [-0.4, -0.2) is 28.7 Å². The van der Waals surface area contributed by atoms with Gasteiger partial charge in [0.2, 0.25) is 0 Å². The highest BCUT2D eigenvalue weighted by Crippen LogP contribution is 2.27. The number of hydrogen-bond acceptors (Lipinski definition) is 4. The fourth-order valence-corrected chi connectivity index (χ4v) is 3.21. The Hall–Kier alpha value is -3.93. The van der Waals surface area contributed by atoms with Crippen LogP contribution in [0.4, 0.5) is 5.69 Å². The Labute approximate surface area is 174 Å². The van der Waals surface area contributed by atoms with E-state index in [2.05, 4.69) is 10.3 Å². The van der Waals surface area contributed by atoms with Gasteiger partial charge < -0.3 is 14.6 Å². The molecule has 0 saturated carbocycles. The molecule has 150 valence electrons. The minimum atomic E-state index is -0.281. The molecule has 30 heavy (non-hydrogen) atoms. The van der Waals surface area contributed by atoms with E-state index in [-0.39, 0.29) is 17.9 Å². The van der Waals surface area contributed by atoms with Crippen LogP contribution in [0.3, 0.4) is 0 Å². The molecular weight excluding hydrogens is 378 g/mol. The maximum Gasteiger partial charge on any atom is 0.257 e. The lowest BCUT2D eigenvalue weighted by atomic mass is 10.1. The lowest BCUT2D eigenvalue weighted by Gasteiger charge is -2.23. The number of hydrogen-bond donors (Lipinski definition) is 1. The molecule has 2 aromatic heterocycles.